The van der Waals surface area contributed by atoms with E-state index in [0.717, 1.165) is 16.7 Å². The number of rotatable bonds is 2. The number of nitrogens with one attached hydrogen (secondary N) is 2. The van der Waals surface area contributed by atoms with Crippen molar-refractivity contribution < 1.29 is 4.79 Å². The molecule has 5 heteroatoms. The summed E-state index contributed by atoms with van der Waals surface area (Å²) in [4.78, 5) is 12.1. The highest BCUT2D eigenvalue weighted by Crippen LogP contribution is 2.25. The molecule has 1 heterocycles. The van der Waals surface area contributed by atoms with Crippen molar-refractivity contribution in [2.75, 3.05) is 18.4 Å². The van der Waals surface area contributed by atoms with Crippen molar-refractivity contribution in [3.63, 3.8) is 0 Å². The molecule has 1 aliphatic heterocycles. The van der Waals surface area contributed by atoms with E-state index in [1.165, 1.54) is 0 Å². The number of carbonyl (C=O) groups is 1. The quantitative estimate of drug-likeness (QED) is 0.792. The number of amides is 1. The molecule has 1 amide bonds. The van der Waals surface area contributed by atoms with E-state index in [2.05, 4.69) is 40.1 Å². The van der Waals surface area contributed by atoms with Gasteiger partial charge in [-0.1, -0.05) is 18.5 Å². The summed E-state index contributed by atoms with van der Waals surface area (Å²) in [5.74, 6) is 0.452. The zero-order valence-corrected chi connectivity index (χ0v) is 12.4. The number of carbonyl (C=O) groups excluding carboxylic acids is 1. The zero-order valence-electron chi connectivity index (χ0n) is 9.47. The van der Waals surface area contributed by atoms with Crippen molar-refractivity contribution >= 4 is 45.8 Å². The highest BCUT2D eigenvalue weighted by molar-refractivity contribution is 14.1. The lowest BCUT2D eigenvalue weighted by atomic mass is 9.97. The monoisotopic (exact) mass is 364 g/mol. The number of benzene rings is 1. The molecule has 0 unspecified atom stereocenters. The van der Waals surface area contributed by atoms with Crippen LogP contribution in [0, 0.1) is 15.4 Å². The average Bonchev–Trinajstić information content (AvgIpc) is 2.68. The Bertz CT molecular complexity index is 439. The van der Waals surface area contributed by atoms with E-state index >= 15 is 0 Å². The SMILES string of the molecule is C[C@@H]1CNC[C@H]1C(=O)Nc1ccc(I)cc1Cl. The normalized spacial score (nSPS) is 23.7. The summed E-state index contributed by atoms with van der Waals surface area (Å²) < 4.78 is 1.06. The summed E-state index contributed by atoms with van der Waals surface area (Å²) in [5, 5.41) is 6.70. The standard InChI is InChI=1S/C12H14ClIN2O/c1-7-5-15-6-9(7)12(17)16-11-3-2-8(14)4-10(11)13/h2-4,7,9,15H,5-6H2,1H3,(H,16,17)/t7-,9-/m1/s1. The van der Waals surface area contributed by atoms with Gasteiger partial charge in [0, 0.05) is 10.1 Å². The molecule has 1 saturated heterocycles. The van der Waals surface area contributed by atoms with Gasteiger partial charge in [-0.25, -0.2) is 0 Å². The van der Waals surface area contributed by atoms with Crippen LogP contribution >= 0.6 is 34.2 Å². The summed E-state index contributed by atoms with van der Waals surface area (Å²) in [6.45, 7) is 3.73. The molecule has 92 valence electrons. The molecule has 0 radical (unpaired) electrons. The molecule has 1 fully saturated rings. The molecule has 0 spiro atoms. The van der Waals surface area contributed by atoms with Crippen molar-refractivity contribution in [2.45, 2.75) is 6.92 Å². The van der Waals surface area contributed by atoms with Crippen molar-refractivity contribution in [3.05, 3.63) is 26.8 Å². The topological polar surface area (TPSA) is 41.1 Å². The molecule has 2 atom stereocenters. The molecule has 1 aromatic rings. The van der Waals surface area contributed by atoms with Gasteiger partial charge in [-0.05, 0) is 53.3 Å². The predicted molar refractivity (Wildman–Crippen MR) is 78.3 cm³/mol. The Morgan fingerprint density at radius 3 is 2.88 bits per heavy atom. The van der Waals surface area contributed by atoms with Gasteiger partial charge in [-0.15, -0.1) is 0 Å². The number of hydrogen-bond acceptors (Lipinski definition) is 2. The third-order valence-electron chi connectivity index (χ3n) is 3.04. The van der Waals surface area contributed by atoms with E-state index in [1.54, 1.807) is 0 Å². The molecule has 1 aliphatic rings. The Balaban J connectivity index is 2.07. The van der Waals surface area contributed by atoms with E-state index in [0.29, 0.717) is 16.6 Å². The van der Waals surface area contributed by atoms with Gasteiger partial charge in [0.1, 0.15) is 0 Å². The molecule has 3 nitrogen and oxygen atoms in total. The molecule has 0 bridgehead atoms. The second-order valence-corrected chi connectivity index (χ2v) is 6.01. The minimum absolute atomic E-state index is 0.0327. The molecule has 0 aromatic heterocycles. The second-order valence-electron chi connectivity index (χ2n) is 4.36. The van der Waals surface area contributed by atoms with Crippen LogP contribution in [-0.2, 0) is 4.79 Å². The van der Waals surface area contributed by atoms with Crippen LogP contribution in [0.25, 0.3) is 0 Å². The molecule has 0 saturated carbocycles. The number of anilines is 1. The highest BCUT2D eigenvalue weighted by atomic mass is 127. The molecule has 17 heavy (non-hydrogen) atoms. The number of hydrogen-bond donors (Lipinski definition) is 2. The number of halogens is 2. The maximum Gasteiger partial charge on any atom is 0.229 e. The minimum Gasteiger partial charge on any atom is -0.324 e. The maximum absolute atomic E-state index is 12.1. The van der Waals surface area contributed by atoms with Gasteiger partial charge in [-0.3, -0.25) is 4.79 Å². The third-order valence-corrected chi connectivity index (χ3v) is 4.03. The van der Waals surface area contributed by atoms with Gasteiger partial charge in [-0.2, -0.15) is 0 Å². The van der Waals surface area contributed by atoms with Gasteiger partial charge >= 0.3 is 0 Å². The largest absolute Gasteiger partial charge is 0.324 e. The summed E-state index contributed by atoms with van der Waals surface area (Å²) >= 11 is 8.27. The smallest absolute Gasteiger partial charge is 0.229 e. The van der Waals surface area contributed by atoms with Gasteiger partial charge in [0.2, 0.25) is 5.91 Å². The van der Waals surface area contributed by atoms with Gasteiger partial charge < -0.3 is 10.6 Å². The van der Waals surface area contributed by atoms with Crippen LogP contribution in [0.5, 0.6) is 0 Å². The summed E-state index contributed by atoms with van der Waals surface area (Å²) in [6.07, 6.45) is 0. The second kappa shape index (κ2) is 5.54. The fraction of sp³-hybridized carbons (Fsp3) is 0.417. The maximum atomic E-state index is 12.1. The molecular weight excluding hydrogens is 351 g/mol. The summed E-state index contributed by atoms with van der Waals surface area (Å²) in [5.41, 5.74) is 0.691. The lowest BCUT2D eigenvalue weighted by Crippen LogP contribution is -2.27. The minimum atomic E-state index is 0.0327. The van der Waals surface area contributed by atoms with Crippen LogP contribution < -0.4 is 10.6 Å². The molecular formula is C12H14ClIN2O. The Morgan fingerprint density at radius 1 is 1.53 bits per heavy atom. The first-order chi connectivity index (χ1) is 8.08. The van der Waals surface area contributed by atoms with Crippen LogP contribution in [0.4, 0.5) is 5.69 Å². The molecule has 2 N–H and O–H groups in total. The lowest BCUT2D eigenvalue weighted by molar-refractivity contribution is -0.120. The fourth-order valence-corrected chi connectivity index (χ4v) is 2.88. The van der Waals surface area contributed by atoms with E-state index in [9.17, 15) is 4.79 Å². The predicted octanol–water partition coefficient (Wildman–Crippen LogP) is 2.74. The fourth-order valence-electron chi connectivity index (χ4n) is 1.98. The van der Waals surface area contributed by atoms with Crippen molar-refractivity contribution in [1.29, 1.82) is 0 Å². The highest BCUT2D eigenvalue weighted by Gasteiger charge is 2.29. The first-order valence-corrected chi connectivity index (χ1v) is 7.00. The van der Waals surface area contributed by atoms with E-state index < -0.39 is 0 Å². The van der Waals surface area contributed by atoms with E-state index in [1.807, 2.05) is 18.2 Å². The van der Waals surface area contributed by atoms with E-state index in [-0.39, 0.29) is 11.8 Å². The lowest BCUT2D eigenvalue weighted by Gasteiger charge is -2.15. The van der Waals surface area contributed by atoms with Crippen LogP contribution in [0.15, 0.2) is 18.2 Å². The van der Waals surface area contributed by atoms with Crippen LogP contribution in [0.2, 0.25) is 5.02 Å². The van der Waals surface area contributed by atoms with Crippen molar-refractivity contribution in [3.8, 4) is 0 Å². The first-order valence-electron chi connectivity index (χ1n) is 5.54. The first kappa shape index (κ1) is 13.1. The van der Waals surface area contributed by atoms with E-state index in [4.69, 9.17) is 11.6 Å². The van der Waals surface area contributed by atoms with Crippen molar-refractivity contribution in [2.24, 2.45) is 11.8 Å². The van der Waals surface area contributed by atoms with Gasteiger partial charge in [0.25, 0.3) is 0 Å². The van der Waals surface area contributed by atoms with Crippen LogP contribution in [0.1, 0.15) is 6.92 Å². The zero-order chi connectivity index (χ0) is 12.4. The average molecular weight is 365 g/mol. The Hall–Kier alpha value is -0.330. The third kappa shape index (κ3) is 3.11. The van der Waals surface area contributed by atoms with Gasteiger partial charge in [0.15, 0.2) is 0 Å². The summed E-state index contributed by atoms with van der Waals surface area (Å²) in [6, 6.07) is 5.61. The Kier molecular flexibility index (Phi) is 4.27. The Labute approximate surface area is 119 Å². The van der Waals surface area contributed by atoms with Crippen LogP contribution in [-0.4, -0.2) is 19.0 Å². The van der Waals surface area contributed by atoms with Crippen LogP contribution in [0.3, 0.4) is 0 Å². The molecule has 1 aromatic carbocycles. The molecule has 0 aliphatic carbocycles. The Morgan fingerprint density at radius 2 is 2.29 bits per heavy atom. The molecule has 2 rings (SSSR count). The van der Waals surface area contributed by atoms with Gasteiger partial charge in [0.05, 0.1) is 16.6 Å². The summed E-state index contributed by atoms with van der Waals surface area (Å²) in [7, 11) is 0. The van der Waals surface area contributed by atoms with Crippen molar-refractivity contribution in [1.82, 2.24) is 5.32 Å².